The van der Waals surface area contributed by atoms with Crippen LogP contribution in [-0.4, -0.2) is 89.7 Å². The van der Waals surface area contributed by atoms with Crippen molar-refractivity contribution in [3.8, 4) is 11.5 Å². The summed E-state index contributed by atoms with van der Waals surface area (Å²) in [6, 6.07) is 13.7. The van der Waals surface area contributed by atoms with Crippen molar-refractivity contribution in [2.75, 3.05) is 45.9 Å². The van der Waals surface area contributed by atoms with E-state index in [0.29, 0.717) is 49.8 Å². The molecule has 0 spiro atoms. The highest BCUT2D eigenvalue weighted by atomic mass is 16.5. The number of β-amino-alcohol motifs (C(OH)–C–C–N with tert-alkyl or cyclic N) is 1. The van der Waals surface area contributed by atoms with Crippen molar-refractivity contribution in [2.24, 2.45) is 0 Å². The number of hydrogen-bond acceptors (Lipinski definition) is 6. The maximum absolute atomic E-state index is 13.2. The molecule has 0 saturated carbocycles. The van der Waals surface area contributed by atoms with E-state index in [1.165, 1.54) is 11.1 Å². The summed E-state index contributed by atoms with van der Waals surface area (Å²) in [6.45, 7) is 6.12. The molecular formula is C27H33N3O5. The van der Waals surface area contributed by atoms with Crippen molar-refractivity contribution >= 4 is 11.8 Å². The average Bonchev–Trinajstić information content (AvgIpc) is 3.26. The van der Waals surface area contributed by atoms with Crippen LogP contribution in [0.1, 0.15) is 34.8 Å². The standard InChI is InChI=1S/C27H33N3O5/c1-19(31)29-11-9-24(18-29)35-23-6-7-25-26(14-23)34-13-12-30(27(25)33)17-22(32)16-28-10-8-20-4-2-3-5-21(20)15-28/h2-7,14,22,24,32H,8-13,15-18H2,1H3. The van der Waals surface area contributed by atoms with Crippen LogP contribution in [0.15, 0.2) is 42.5 Å². The van der Waals surface area contributed by atoms with Crippen molar-refractivity contribution in [1.82, 2.24) is 14.7 Å². The van der Waals surface area contributed by atoms with Crippen LogP contribution in [0.25, 0.3) is 0 Å². The van der Waals surface area contributed by atoms with E-state index in [1.807, 2.05) is 0 Å². The Morgan fingerprint density at radius 3 is 2.77 bits per heavy atom. The SMILES string of the molecule is CC(=O)N1CCC(Oc2ccc3c(c2)OCCN(CC(O)CN2CCc4ccccc4C2)C3=O)C1. The molecule has 3 heterocycles. The summed E-state index contributed by atoms with van der Waals surface area (Å²) >= 11 is 0. The Bertz CT molecular complexity index is 1090. The normalized spacial score (nSPS) is 21.1. The summed E-state index contributed by atoms with van der Waals surface area (Å²) in [7, 11) is 0. The summed E-state index contributed by atoms with van der Waals surface area (Å²) < 4.78 is 11.9. The van der Waals surface area contributed by atoms with Crippen LogP contribution in [0.2, 0.25) is 0 Å². The Labute approximate surface area is 206 Å². The lowest BCUT2D eigenvalue weighted by Crippen LogP contribution is -2.44. The van der Waals surface area contributed by atoms with Crippen LogP contribution in [0.4, 0.5) is 0 Å². The van der Waals surface area contributed by atoms with Gasteiger partial charge >= 0.3 is 0 Å². The number of rotatable bonds is 6. The number of fused-ring (bicyclic) bond motifs is 2. The van der Waals surface area contributed by atoms with Crippen molar-refractivity contribution in [1.29, 1.82) is 0 Å². The molecule has 0 bridgehead atoms. The minimum atomic E-state index is -0.639. The molecule has 8 heteroatoms. The molecule has 5 rings (SSSR count). The van der Waals surface area contributed by atoms with Crippen LogP contribution in [0.3, 0.4) is 0 Å². The van der Waals surface area contributed by atoms with Crippen molar-refractivity contribution < 1.29 is 24.2 Å². The summed E-state index contributed by atoms with van der Waals surface area (Å²) in [5.41, 5.74) is 3.16. The van der Waals surface area contributed by atoms with Gasteiger partial charge < -0.3 is 24.4 Å². The third-order valence-electron chi connectivity index (χ3n) is 7.09. The zero-order chi connectivity index (χ0) is 24.4. The lowest BCUT2D eigenvalue weighted by atomic mass is 10.00. The third kappa shape index (κ3) is 5.44. The van der Waals surface area contributed by atoms with E-state index in [2.05, 4.69) is 29.2 Å². The van der Waals surface area contributed by atoms with E-state index in [-0.39, 0.29) is 24.5 Å². The van der Waals surface area contributed by atoms with Gasteiger partial charge in [0.1, 0.15) is 24.2 Å². The fraction of sp³-hybridized carbons (Fsp3) is 0.481. The first kappa shape index (κ1) is 23.6. The minimum absolute atomic E-state index is 0.0549. The highest BCUT2D eigenvalue weighted by molar-refractivity contribution is 5.97. The molecular weight excluding hydrogens is 446 g/mol. The minimum Gasteiger partial charge on any atom is -0.491 e. The van der Waals surface area contributed by atoms with Crippen LogP contribution in [0.5, 0.6) is 11.5 Å². The number of carbonyl (C=O) groups is 2. The third-order valence-corrected chi connectivity index (χ3v) is 7.09. The first-order chi connectivity index (χ1) is 17.0. The molecule has 2 unspecified atom stereocenters. The van der Waals surface area contributed by atoms with Crippen molar-refractivity contribution in [3.05, 3.63) is 59.2 Å². The maximum atomic E-state index is 13.2. The maximum Gasteiger partial charge on any atom is 0.257 e. The van der Waals surface area contributed by atoms with E-state index < -0.39 is 6.10 Å². The van der Waals surface area contributed by atoms with Crippen LogP contribution < -0.4 is 9.47 Å². The van der Waals surface area contributed by atoms with E-state index >= 15 is 0 Å². The molecule has 0 aliphatic carbocycles. The van der Waals surface area contributed by atoms with Gasteiger partial charge in [-0.2, -0.15) is 0 Å². The molecule has 35 heavy (non-hydrogen) atoms. The number of ether oxygens (including phenoxy) is 2. The molecule has 3 aliphatic rings. The fourth-order valence-electron chi connectivity index (χ4n) is 5.21. The van der Waals surface area contributed by atoms with Gasteiger partial charge in [-0.05, 0) is 29.7 Å². The lowest BCUT2D eigenvalue weighted by Gasteiger charge is -2.32. The quantitative estimate of drug-likeness (QED) is 0.682. The number of nitrogens with zero attached hydrogens (tertiary/aromatic N) is 3. The zero-order valence-corrected chi connectivity index (χ0v) is 20.2. The summed E-state index contributed by atoms with van der Waals surface area (Å²) in [5.74, 6) is 1.04. The molecule has 1 N–H and O–H groups in total. The molecule has 8 nitrogen and oxygen atoms in total. The first-order valence-electron chi connectivity index (χ1n) is 12.4. The van der Waals surface area contributed by atoms with Gasteiger partial charge in [-0.25, -0.2) is 0 Å². The molecule has 2 atom stereocenters. The molecule has 1 fully saturated rings. The fourth-order valence-corrected chi connectivity index (χ4v) is 5.21. The van der Waals surface area contributed by atoms with Crippen LogP contribution in [0, 0.1) is 0 Å². The lowest BCUT2D eigenvalue weighted by molar-refractivity contribution is -0.128. The van der Waals surface area contributed by atoms with Gasteiger partial charge in [0.2, 0.25) is 5.91 Å². The van der Waals surface area contributed by atoms with Gasteiger partial charge in [0.25, 0.3) is 5.91 Å². The summed E-state index contributed by atoms with van der Waals surface area (Å²) in [4.78, 5) is 30.5. The molecule has 2 aromatic rings. The monoisotopic (exact) mass is 479 g/mol. The van der Waals surface area contributed by atoms with Gasteiger partial charge in [-0.3, -0.25) is 14.5 Å². The van der Waals surface area contributed by atoms with E-state index in [4.69, 9.17) is 9.47 Å². The van der Waals surface area contributed by atoms with Crippen molar-refractivity contribution in [2.45, 2.75) is 38.5 Å². The summed E-state index contributed by atoms with van der Waals surface area (Å²) in [5, 5.41) is 10.8. The zero-order valence-electron chi connectivity index (χ0n) is 20.2. The second kappa shape index (κ2) is 10.3. The van der Waals surface area contributed by atoms with Gasteiger partial charge in [0.15, 0.2) is 0 Å². The number of carbonyl (C=O) groups excluding carboxylic acids is 2. The van der Waals surface area contributed by atoms with E-state index in [9.17, 15) is 14.7 Å². The molecule has 1 saturated heterocycles. The molecule has 2 amide bonds. The molecule has 186 valence electrons. The van der Waals surface area contributed by atoms with E-state index in [0.717, 1.165) is 25.9 Å². The topological polar surface area (TPSA) is 82.6 Å². The number of likely N-dealkylation sites (tertiary alicyclic amines) is 1. The second-order valence-electron chi connectivity index (χ2n) is 9.66. The number of aliphatic hydroxyl groups is 1. The summed E-state index contributed by atoms with van der Waals surface area (Å²) in [6.07, 6.45) is 1.06. The second-order valence-corrected chi connectivity index (χ2v) is 9.66. The first-order valence-corrected chi connectivity index (χ1v) is 12.4. The number of aliphatic hydroxyl groups excluding tert-OH is 1. The molecule has 0 radical (unpaired) electrons. The Balaban J connectivity index is 1.18. The predicted molar refractivity (Wildman–Crippen MR) is 131 cm³/mol. The van der Waals surface area contributed by atoms with E-state index in [1.54, 1.807) is 34.9 Å². The Morgan fingerprint density at radius 1 is 1.14 bits per heavy atom. The largest absolute Gasteiger partial charge is 0.491 e. The average molecular weight is 480 g/mol. The Kier molecular flexibility index (Phi) is 6.92. The van der Waals surface area contributed by atoms with Gasteiger partial charge in [-0.15, -0.1) is 0 Å². The smallest absolute Gasteiger partial charge is 0.257 e. The number of amides is 2. The van der Waals surface area contributed by atoms with Gasteiger partial charge in [-0.1, -0.05) is 24.3 Å². The molecule has 0 aromatic heterocycles. The predicted octanol–water partition coefficient (Wildman–Crippen LogP) is 1.94. The Morgan fingerprint density at radius 2 is 1.97 bits per heavy atom. The Hall–Kier alpha value is -3.10. The molecule has 3 aliphatic heterocycles. The number of benzene rings is 2. The molecule has 2 aromatic carbocycles. The van der Waals surface area contributed by atoms with Crippen LogP contribution >= 0.6 is 0 Å². The number of hydrogen-bond donors (Lipinski definition) is 1. The highest BCUT2D eigenvalue weighted by Crippen LogP contribution is 2.30. The van der Waals surface area contributed by atoms with Gasteiger partial charge in [0, 0.05) is 52.1 Å². The van der Waals surface area contributed by atoms with Crippen LogP contribution in [-0.2, 0) is 17.8 Å². The van der Waals surface area contributed by atoms with Gasteiger partial charge in [0.05, 0.1) is 24.8 Å². The highest BCUT2D eigenvalue weighted by Gasteiger charge is 2.29. The van der Waals surface area contributed by atoms with Crippen molar-refractivity contribution in [3.63, 3.8) is 0 Å².